The van der Waals surface area contributed by atoms with Crippen LogP contribution in [-0.4, -0.2) is 26.9 Å². The SMILES string of the molecule is CCCCCN(C(=O)C(Cl)c1ccccc1)C(C)c1nc2ccccc2c(=O)n1-c1cc(C)ccc1C. The van der Waals surface area contributed by atoms with Crippen LogP contribution in [0.5, 0.6) is 0 Å². The van der Waals surface area contributed by atoms with Crippen LogP contribution >= 0.6 is 11.6 Å². The molecule has 1 heterocycles. The second-order valence-electron chi connectivity index (χ2n) is 9.61. The van der Waals surface area contributed by atoms with Gasteiger partial charge in [0.05, 0.1) is 22.6 Å². The molecule has 0 N–H and O–H groups in total. The van der Waals surface area contributed by atoms with E-state index in [1.165, 1.54) is 0 Å². The molecule has 0 bridgehead atoms. The Bertz CT molecular complexity index is 1450. The molecule has 2 unspecified atom stereocenters. The second-order valence-corrected chi connectivity index (χ2v) is 10.0. The first-order chi connectivity index (χ1) is 17.8. The quantitative estimate of drug-likeness (QED) is 0.177. The second kappa shape index (κ2) is 11.7. The summed E-state index contributed by atoms with van der Waals surface area (Å²) in [5.74, 6) is 0.338. The number of amides is 1. The average Bonchev–Trinajstić information content (AvgIpc) is 2.92. The van der Waals surface area contributed by atoms with Crippen molar-refractivity contribution in [3.05, 3.63) is 106 Å². The molecule has 1 aromatic heterocycles. The summed E-state index contributed by atoms with van der Waals surface area (Å²) in [6, 6.07) is 22.3. The van der Waals surface area contributed by atoms with Crippen molar-refractivity contribution in [2.75, 3.05) is 6.54 Å². The van der Waals surface area contributed by atoms with E-state index in [9.17, 15) is 9.59 Å². The Morgan fingerprint density at radius 1 is 1.00 bits per heavy atom. The molecule has 0 spiro atoms. The van der Waals surface area contributed by atoms with Crippen LogP contribution in [0.25, 0.3) is 16.6 Å². The Morgan fingerprint density at radius 3 is 2.43 bits per heavy atom. The lowest BCUT2D eigenvalue weighted by molar-refractivity contribution is -0.133. The van der Waals surface area contributed by atoms with Crippen LogP contribution in [0.3, 0.4) is 0 Å². The van der Waals surface area contributed by atoms with Gasteiger partial charge in [-0.15, -0.1) is 11.6 Å². The number of benzene rings is 3. The summed E-state index contributed by atoms with van der Waals surface area (Å²) in [5.41, 5.74) is 3.99. The fourth-order valence-corrected chi connectivity index (χ4v) is 4.97. The summed E-state index contributed by atoms with van der Waals surface area (Å²) in [6.07, 6.45) is 2.86. The van der Waals surface area contributed by atoms with Crippen LogP contribution < -0.4 is 5.56 Å². The topological polar surface area (TPSA) is 55.2 Å². The van der Waals surface area contributed by atoms with Crippen LogP contribution in [0.15, 0.2) is 77.6 Å². The third-order valence-corrected chi connectivity index (χ3v) is 7.28. The van der Waals surface area contributed by atoms with E-state index < -0.39 is 11.4 Å². The van der Waals surface area contributed by atoms with Gasteiger partial charge in [-0.1, -0.05) is 74.4 Å². The van der Waals surface area contributed by atoms with Crippen molar-refractivity contribution in [3.8, 4) is 5.69 Å². The number of carbonyl (C=O) groups is 1. The number of alkyl halides is 1. The van der Waals surface area contributed by atoms with Crippen LogP contribution in [0.4, 0.5) is 0 Å². The van der Waals surface area contributed by atoms with Crippen molar-refractivity contribution >= 4 is 28.4 Å². The Hall–Kier alpha value is -3.44. The Morgan fingerprint density at radius 2 is 1.70 bits per heavy atom. The van der Waals surface area contributed by atoms with Crippen molar-refractivity contribution in [1.82, 2.24) is 14.5 Å². The molecular formula is C31H34ClN3O2. The standard InChI is InChI=1S/C31H34ClN3O2/c1-5-6-12-19-34(31(37)28(32)24-13-8-7-9-14-24)23(4)29-33-26-16-11-10-15-25(26)30(36)35(29)27-20-21(2)17-18-22(27)3/h7-11,13-18,20,23,28H,5-6,12,19H2,1-4H3. The summed E-state index contributed by atoms with van der Waals surface area (Å²) in [4.78, 5) is 34.5. The van der Waals surface area contributed by atoms with E-state index in [0.29, 0.717) is 23.3 Å². The van der Waals surface area contributed by atoms with E-state index in [0.717, 1.165) is 41.6 Å². The number of rotatable bonds is 9. The van der Waals surface area contributed by atoms with Crippen molar-refractivity contribution in [2.24, 2.45) is 0 Å². The molecule has 6 heteroatoms. The zero-order chi connectivity index (χ0) is 26.5. The molecule has 37 heavy (non-hydrogen) atoms. The van der Waals surface area contributed by atoms with Crippen LogP contribution in [0.1, 0.15) is 67.0 Å². The van der Waals surface area contributed by atoms with Crippen LogP contribution in [0.2, 0.25) is 0 Å². The van der Waals surface area contributed by atoms with Crippen LogP contribution in [0, 0.1) is 13.8 Å². The molecule has 192 valence electrons. The Kier molecular flexibility index (Phi) is 8.45. The molecule has 0 radical (unpaired) electrons. The van der Waals surface area contributed by atoms with E-state index in [-0.39, 0.29) is 11.5 Å². The predicted molar refractivity (Wildman–Crippen MR) is 152 cm³/mol. The van der Waals surface area contributed by atoms with Gasteiger partial charge in [-0.05, 0) is 62.1 Å². The summed E-state index contributed by atoms with van der Waals surface area (Å²) in [5, 5.41) is -0.283. The highest BCUT2D eigenvalue weighted by molar-refractivity contribution is 6.30. The smallest absolute Gasteiger partial charge is 0.266 e. The lowest BCUT2D eigenvalue weighted by Gasteiger charge is -2.32. The lowest BCUT2D eigenvalue weighted by Crippen LogP contribution is -2.39. The highest BCUT2D eigenvalue weighted by Gasteiger charge is 2.31. The van der Waals surface area contributed by atoms with Gasteiger partial charge in [0.25, 0.3) is 5.56 Å². The van der Waals surface area contributed by atoms with Gasteiger partial charge in [0.1, 0.15) is 11.2 Å². The molecule has 5 nitrogen and oxygen atoms in total. The number of hydrogen-bond acceptors (Lipinski definition) is 3. The number of hydrogen-bond donors (Lipinski definition) is 0. The van der Waals surface area contributed by atoms with E-state index in [1.807, 2.05) is 87.5 Å². The molecule has 4 rings (SSSR count). The van der Waals surface area contributed by atoms with Gasteiger partial charge in [-0.3, -0.25) is 14.2 Å². The zero-order valence-corrected chi connectivity index (χ0v) is 22.7. The fourth-order valence-electron chi connectivity index (χ4n) is 4.70. The van der Waals surface area contributed by atoms with Gasteiger partial charge < -0.3 is 4.90 Å². The van der Waals surface area contributed by atoms with Crippen molar-refractivity contribution < 1.29 is 4.79 Å². The number of halogens is 1. The minimum atomic E-state index is -0.827. The maximum atomic E-state index is 13.9. The molecule has 0 aliphatic rings. The largest absolute Gasteiger partial charge is 0.331 e. The van der Waals surface area contributed by atoms with Crippen molar-refractivity contribution in [1.29, 1.82) is 0 Å². The monoisotopic (exact) mass is 515 g/mol. The number of aromatic nitrogens is 2. The number of unbranched alkanes of at least 4 members (excludes halogenated alkanes) is 2. The normalized spacial score (nSPS) is 12.9. The number of para-hydroxylation sites is 1. The number of nitrogens with zero attached hydrogens (tertiary/aromatic N) is 3. The highest BCUT2D eigenvalue weighted by Crippen LogP contribution is 2.30. The Balaban J connectivity index is 1.89. The lowest BCUT2D eigenvalue weighted by atomic mass is 10.1. The first-order valence-electron chi connectivity index (χ1n) is 12.9. The minimum Gasteiger partial charge on any atom is -0.331 e. The third kappa shape index (κ3) is 5.62. The third-order valence-electron chi connectivity index (χ3n) is 6.84. The average molecular weight is 516 g/mol. The summed E-state index contributed by atoms with van der Waals surface area (Å²) < 4.78 is 1.68. The van der Waals surface area contributed by atoms with E-state index in [4.69, 9.17) is 16.6 Å². The number of fused-ring (bicyclic) bond motifs is 1. The summed E-state index contributed by atoms with van der Waals surface area (Å²) in [7, 11) is 0. The van der Waals surface area contributed by atoms with Crippen LogP contribution in [-0.2, 0) is 4.79 Å². The molecule has 1 amide bonds. The molecule has 2 atom stereocenters. The molecular weight excluding hydrogens is 482 g/mol. The molecule has 4 aromatic rings. The summed E-state index contributed by atoms with van der Waals surface area (Å²) in [6.45, 7) is 8.59. The van der Waals surface area contributed by atoms with Gasteiger partial charge in [0.2, 0.25) is 5.91 Å². The predicted octanol–water partition coefficient (Wildman–Crippen LogP) is 7.06. The van der Waals surface area contributed by atoms with E-state index >= 15 is 0 Å². The van der Waals surface area contributed by atoms with Gasteiger partial charge in [0.15, 0.2) is 0 Å². The highest BCUT2D eigenvalue weighted by atomic mass is 35.5. The molecule has 3 aromatic carbocycles. The maximum Gasteiger partial charge on any atom is 0.266 e. The van der Waals surface area contributed by atoms with E-state index in [1.54, 1.807) is 15.5 Å². The first kappa shape index (κ1) is 26.6. The zero-order valence-electron chi connectivity index (χ0n) is 21.9. The number of carbonyl (C=O) groups excluding carboxylic acids is 1. The van der Waals surface area contributed by atoms with E-state index in [2.05, 4.69) is 6.92 Å². The van der Waals surface area contributed by atoms with Crippen molar-refractivity contribution in [3.63, 3.8) is 0 Å². The molecule has 0 saturated heterocycles. The van der Waals surface area contributed by atoms with Gasteiger partial charge in [0, 0.05) is 6.54 Å². The molecule has 0 fully saturated rings. The fraction of sp³-hybridized carbons (Fsp3) is 0.323. The first-order valence-corrected chi connectivity index (χ1v) is 13.4. The minimum absolute atomic E-state index is 0.146. The molecule has 0 aliphatic heterocycles. The molecule has 0 aliphatic carbocycles. The van der Waals surface area contributed by atoms with Gasteiger partial charge in [-0.25, -0.2) is 4.98 Å². The van der Waals surface area contributed by atoms with Gasteiger partial charge in [-0.2, -0.15) is 0 Å². The van der Waals surface area contributed by atoms with Gasteiger partial charge >= 0.3 is 0 Å². The molecule has 0 saturated carbocycles. The van der Waals surface area contributed by atoms with Crippen molar-refractivity contribution in [2.45, 2.75) is 58.4 Å². The number of aryl methyl sites for hydroxylation is 2. The summed E-state index contributed by atoms with van der Waals surface area (Å²) >= 11 is 6.74. The Labute approximate surface area is 223 Å². The maximum absolute atomic E-state index is 13.9.